The molecule has 5 rings (SSSR count). The summed E-state index contributed by atoms with van der Waals surface area (Å²) >= 11 is 0. The van der Waals surface area contributed by atoms with Crippen molar-refractivity contribution in [1.82, 2.24) is 15.0 Å². The SMILES string of the molecule is O=C(Nc1cccnc1)c1cccc2[nH]c(-c3ccc(N4CC[C@@H](F)C4)cc3C(F)(F)F)nc12. The van der Waals surface area contributed by atoms with Crippen LogP contribution >= 0.6 is 0 Å². The van der Waals surface area contributed by atoms with E-state index in [0.717, 1.165) is 6.07 Å². The predicted octanol–water partition coefficient (Wildman–Crippen LogP) is 5.44. The Morgan fingerprint density at radius 1 is 1.15 bits per heavy atom. The van der Waals surface area contributed by atoms with E-state index in [1.54, 1.807) is 41.4 Å². The van der Waals surface area contributed by atoms with Crippen molar-refractivity contribution in [3.63, 3.8) is 0 Å². The molecule has 2 N–H and O–H groups in total. The Bertz CT molecular complexity index is 1350. The number of alkyl halides is 4. The average Bonchev–Trinajstić information content (AvgIpc) is 3.45. The molecule has 1 atom stereocenters. The fourth-order valence-electron chi connectivity index (χ4n) is 4.10. The highest BCUT2D eigenvalue weighted by atomic mass is 19.4. The standard InChI is InChI=1S/C24H19F4N5O/c25-14-8-10-33(13-14)16-6-7-17(19(11-16)24(26,27)28)22-31-20-5-1-4-18(21(20)32-22)23(34)30-15-3-2-9-29-12-15/h1-7,9,11-12,14H,8,10,13H2,(H,30,34)(H,31,32)/t14-/m1/s1. The monoisotopic (exact) mass is 469 g/mol. The van der Waals surface area contributed by atoms with E-state index in [1.165, 1.54) is 18.3 Å². The van der Waals surface area contributed by atoms with E-state index in [4.69, 9.17) is 0 Å². The number of carbonyl (C=O) groups excluding carboxylic acids is 1. The topological polar surface area (TPSA) is 73.9 Å². The number of pyridine rings is 1. The van der Waals surface area contributed by atoms with Crippen molar-refractivity contribution >= 4 is 28.3 Å². The van der Waals surface area contributed by atoms with Crippen LogP contribution < -0.4 is 10.2 Å². The molecule has 1 aliphatic heterocycles. The first kappa shape index (κ1) is 21.9. The Labute approximate surface area is 191 Å². The summed E-state index contributed by atoms with van der Waals surface area (Å²) in [6.45, 7) is 0.425. The summed E-state index contributed by atoms with van der Waals surface area (Å²) in [5.74, 6) is -0.474. The molecule has 1 aliphatic rings. The maximum atomic E-state index is 14.0. The highest BCUT2D eigenvalue weighted by molar-refractivity contribution is 6.11. The van der Waals surface area contributed by atoms with Gasteiger partial charge >= 0.3 is 6.18 Å². The zero-order chi connectivity index (χ0) is 23.9. The number of fused-ring (bicyclic) bond motifs is 1. The number of amides is 1. The number of imidazole rings is 1. The number of H-pyrrole nitrogens is 1. The lowest BCUT2D eigenvalue weighted by atomic mass is 10.0. The highest BCUT2D eigenvalue weighted by Crippen LogP contribution is 2.39. The third kappa shape index (κ3) is 4.18. The lowest BCUT2D eigenvalue weighted by Gasteiger charge is -2.20. The van der Waals surface area contributed by atoms with Crippen molar-refractivity contribution in [1.29, 1.82) is 0 Å². The van der Waals surface area contributed by atoms with Gasteiger partial charge in [0.05, 0.1) is 28.5 Å². The van der Waals surface area contributed by atoms with Crippen molar-refractivity contribution in [3.05, 3.63) is 72.1 Å². The van der Waals surface area contributed by atoms with E-state index < -0.39 is 23.8 Å². The molecule has 0 spiro atoms. The van der Waals surface area contributed by atoms with Crippen LogP contribution in [0, 0.1) is 0 Å². The second-order valence-corrected chi connectivity index (χ2v) is 8.04. The minimum absolute atomic E-state index is 0.0136. The first-order valence-electron chi connectivity index (χ1n) is 10.6. The summed E-state index contributed by atoms with van der Waals surface area (Å²) in [5.41, 5.74) is 0.633. The number of aromatic nitrogens is 3. The lowest BCUT2D eigenvalue weighted by Crippen LogP contribution is -2.21. The van der Waals surface area contributed by atoms with Crippen LogP contribution in [0.5, 0.6) is 0 Å². The van der Waals surface area contributed by atoms with Gasteiger partial charge in [-0.1, -0.05) is 6.07 Å². The lowest BCUT2D eigenvalue weighted by molar-refractivity contribution is -0.137. The number of nitrogens with one attached hydrogen (secondary N) is 2. The number of carbonyl (C=O) groups is 1. The smallest absolute Gasteiger partial charge is 0.368 e. The molecule has 0 saturated carbocycles. The van der Waals surface area contributed by atoms with Crippen LogP contribution in [-0.2, 0) is 6.18 Å². The molecule has 0 aliphatic carbocycles. The van der Waals surface area contributed by atoms with Crippen LogP contribution in [0.25, 0.3) is 22.4 Å². The van der Waals surface area contributed by atoms with Crippen LogP contribution in [-0.4, -0.2) is 40.1 Å². The van der Waals surface area contributed by atoms with E-state index in [-0.39, 0.29) is 35.4 Å². The first-order valence-corrected chi connectivity index (χ1v) is 10.6. The molecule has 2 aromatic heterocycles. The van der Waals surface area contributed by atoms with Crippen molar-refractivity contribution < 1.29 is 22.4 Å². The van der Waals surface area contributed by atoms with Gasteiger partial charge in [-0.15, -0.1) is 0 Å². The first-order chi connectivity index (χ1) is 16.3. The van der Waals surface area contributed by atoms with Gasteiger partial charge in [0.25, 0.3) is 5.91 Å². The molecular weight excluding hydrogens is 450 g/mol. The Kier molecular flexibility index (Phi) is 5.43. The normalized spacial score (nSPS) is 16.2. The van der Waals surface area contributed by atoms with Crippen LogP contribution in [0.1, 0.15) is 22.3 Å². The Hall–Kier alpha value is -3.95. The molecule has 0 unspecified atom stereocenters. The number of para-hydroxylation sites is 1. The van der Waals surface area contributed by atoms with Gasteiger partial charge in [0.2, 0.25) is 0 Å². The zero-order valence-electron chi connectivity index (χ0n) is 17.7. The molecule has 0 radical (unpaired) electrons. The number of halogens is 4. The average molecular weight is 469 g/mol. The number of hydrogen-bond donors (Lipinski definition) is 2. The molecule has 2 aromatic carbocycles. The van der Waals surface area contributed by atoms with Crippen LogP contribution in [0.2, 0.25) is 0 Å². The highest BCUT2D eigenvalue weighted by Gasteiger charge is 2.36. The largest absolute Gasteiger partial charge is 0.417 e. The number of anilines is 2. The molecule has 1 fully saturated rings. The molecule has 174 valence electrons. The summed E-state index contributed by atoms with van der Waals surface area (Å²) < 4.78 is 55.5. The van der Waals surface area contributed by atoms with Gasteiger partial charge in [0.1, 0.15) is 17.5 Å². The molecule has 0 bridgehead atoms. The van der Waals surface area contributed by atoms with Crippen LogP contribution in [0.3, 0.4) is 0 Å². The minimum atomic E-state index is -4.65. The van der Waals surface area contributed by atoms with E-state index in [2.05, 4.69) is 20.3 Å². The van der Waals surface area contributed by atoms with Gasteiger partial charge in [-0.05, 0) is 48.9 Å². The summed E-state index contributed by atoms with van der Waals surface area (Å²) in [6.07, 6.45) is -2.37. The third-order valence-corrected chi connectivity index (χ3v) is 5.74. The number of hydrogen-bond acceptors (Lipinski definition) is 4. The van der Waals surface area contributed by atoms with E-state index >= 15 is 0 Å². The predicted molar refractivity (Wildman–Crippen MR) is 120 cm³/mol. The number of aromatic amines is 1. The summed E-state index contributed by atoms with van der Waals surface area (Å²) in [7, 11) is 0. The molecule has 3 heterocycles. The summed E-state index contributed by atoms with van der Waals surface area (Å²) in [4.78, 5) is 25.6. The van der Waals surface area contributed by atoms with Gasteiger partial charge in [-0.25, -0.2) is 9.37 Å². The molecule has 4 aromatic rings. The number of benzene rings is 2. The zero-order valence-corrected chi connectivity index (χ0v) is 17.7. The summed E-state index contributed by atoms with van der Waals surface area (Å²) in [5, 5.41) is 2.71. The second-order valence-electron chi connectivity index (χ2n) is 8.04. The van der Waals surface area contributed by atoms with Crippen molar-refractivity contribution in [2.24, 2.45) is 0 Å². The van der Waals surface area contributed by atoms with Gasteiger partial charge in [-0.2, -0.15) is 13.2 Å². The van der Waals surface area contributed by atoms with Crippen molar-refractivity contribution in [3.8, 4) is 11.4 Å². The Balaban J connectivity index is 1.54. The van der Waals surface area contributed by atoms with Gasteiger partial charge in [0, 0.05) is 30.5 Å². The van der Waals surface area contributed by atoms with Crippen LogP contribution in [0.4, 0.5) is 28.9 Å². The molecule has 34 heavy (non-hydrogen) atoms. The maximum absolute atomic E-state index is 14.0. The summed E-state index contributed by atoms with van der Waals surface area (Å²) in [6, 6.07) is 12.0. The third-order valence-electron chi connectivity index (χ3n) is 5.74. The second kappa shape index (κ2) is 8.44. The van der Waals surface area contributed by atoms with Crippen molar-refractivity contribution in [2.75, 3.05) is 23.3 Å². The number of nitrogens with zero attached hydrogens (tertiary/aromatic N) is 3. The fourth-order valence-corrected chi connectivity index (χ4v) is 4.10. The van der Waals surface area contributed by atoms with Gasteiger partial charge in [-0.3, -0.25) is 9.78 Å². The van der Waals surface area contributed by atoms with E-state index in [1.807, 2.05) is 0 Å². The minimum Gasteiger partial charge on any atom is -0.368 e. The molecule has 1 saturated heterocycles. The van der Waals surface area contributed by atoms with Crippen molar-refractivity contribution in [2.45, 2.75) is 18.8 Å². The van der Waals surface area contributed by atoms with E-state index in [0.29, 0.717) is 23.4 Å². The Morgan fingerprint density at radius 3 is 2.71 bits per heavy atom. The molecule has 6 nitrogen and oxygen atoms in total. The fraction of sp³-hybridized carbons (Fsp3) is 0.208. The number of rotatable bonds is 4. The Morgan fingerprint density at radius 2 is 2.00 bits per heavy atom. The molecular formula is C24H19F4N5O. The van der Waals surface area contributed by atoms with Crippen LogP contribution in [0.15, 0.2) is 60.9 Å². The van der Waals surface area contributed by atoms with Gasteiger partial charge < -0.3 is 15.2 Å². The molecule has 10 heteroatoms. The maximum Gasteiger partial charge on any atom is 0.417 e. The molecule has 1 amide bonds. The van der Waals surface area contributed by atoms with E-state index in [9.17, 15) is 22.4 Å². The van der Waals surface area contributed by atoms with Gasteiger partial charge in [0.15, 0.2) is 0 Å². The quantitative estimate of drug-likeness (QED) is 0.390.